The van der Waals surface area contributed by atoms with Crippen molar-refractivity contribution < 1.29 is 5.11 Å². The minimum absolute atomic E-state index is 0. The molecule has 1 aromatic rings. The molecule has 0 radical (unpaired) electrons. The second-order valence-corrected chi connectivity index (χ2v) is 7.27. The van der Waals surface area contributed by atoms with Crippen molar-refractivity contribution in [1.82, 2.24) is 10.2 Å². The van der Waals surface area contributed by atoms with Crippen LogP contribution in [0.1, 0.15) is 37.3 Å². The van der Waals surface area contributed by atoms with Gasteiger partial charge in [-0.15, -0.1) is 24.8 Å². The van der Waals surface area contributed by atoms with E-state index in [9.17, 15) is 5.11 Å². The van der Waals surface area contributed by atoms with Crippen LogP contribution in [-0.4, -0.2) is 36.2 Å². The molecule has 1 aliphatic carbocycles. The molecule has 0 amide bonds. The van der Waals surface area contributed by atoms with Crippen molar-refractivity contribution in [1.29, 1.82) is 0 Å². The zero-order valence-corrected chi connectivity index (χ0v) is 16.9. The Bertz CT molecular complexity index is 506. The van der Waals surface area contributed by atoms with Crippen molar-refractivity contribution in [3.8, 4) is 5.75 Å². The minimum Gasteiger partial charge on any atom is -0.506 e. The first kappa shape index (κ1) is 21.3. The van der Waals surface area contributed by atoms with E-state index in [4.69, 9.17) is 11.6 Å². The standard InChI is InChI=1S/C16H22BrClN2O.2ClH/c17-14-13(18)6-5-12(16(14)21)15(11-3-1-2-4-11)20-9-7-19-8-10-20;;/h5-6,11,15,19,21H,1-4,7-10H2;2*1H/t15-;;/m1../s1. The van der Waals surface area contributed by atoms with E-state index in [1.807, 2.05) is 12.1 Å². The maximum absolute atomic E-state index is 10.6. The molecule has 1 heterocycles. The van der Waals surface area contributed by atoms with E-state index in [2.05, 4.69) is 26.1 Å². The molecule has 0 bridgehead atoms. The Morgan fingerprint density at radius 2 is 1.78 bits per heavy atom. The van der Waals surface area contributed by atoms with Crippen molar-refractivity contribution in [3.05, 3.63) is 27.2 Å². The van der Waals surface area contributed by atoms with Gasteiger partial charge in [-0.05, 0) is 40.8 Å². The molecular formula is C16H24BrCl3N2O. The molecule has 2 aliphatic rings. The summed E-state index contributed by atoms with van der Waals surface area (Å²) >= 11 is 9.52. The highest BCUT2D eigenvalue weighted by Crippen LogP contribution is 2.45. The Kier molecular flexibility index (Phi) is 8.99. The first-order valence-corrected chi connectivity index (χ1v) is 8.97. The number of nitrogens with one attached hydrogen (secondary N) is 1. The van der Waals surface area contributed by atoms with Gasteiger partial charge in [-0.1, -0.05) is 30.5 Å². The van der Waals surface area contributed by atoms with Crippen LogP contribution in [0.15, 0.2) is 16.6 Å². The fourth-order valence-electron chi connectivity index (χ4n) is 3.78. The van der Waals surface area contributed by atoms with Gasteiger partial charge in [0.15, 0.2) is 0 Å². The molecule has 0 unspecified atom stereocenters. The molecule has 7 heteroatoms. The van der Waals surface area contributed by atoms with Crippen LogP contribution in [0, 0.1) is 5.92 Å². The molecule has 23 heavy (non-hydrogen) atoms. The number of phenolic OH excluding ortho intramolecular Hbond substituents is 1. The number of hydrogen-bond donors (Lipinski definition) is 2. The summed E-state index contributed by atoms with van der Waals surface area (Å²) in [5, 5.41) is 14.5. The predicted octanol–water partition coefficient (Wildman–Crippen LogP) is 4.79. The van der Waals surface area contributed by atoms with Gasteiger partial charge in [0.05, 0.1) is 9.50 Å². The van der Waals surface area contributed by atoms with Crippen LogP contribution < -0.4 is 5.32 Å². The average Bonchev–Trinajstić information content (AvgIpc) is 3.03. The zero-order valence-electron chi connectivity index (χ0n) is 12.9. The smallest absolute Gasteiger partial charge is 0.136 e. The maximum atomic E-state index is 10.6. The lowest BCUT2D eigenvalue weighted by molar-refractivity contribution is 0.123. The molecule has 2 N–H and O–H groups in total. The number of hydrogen-bond acceptors (Lipinski definition) is 3. The summed E-state index contributed by atoms with van der Waals surface area (Å²) in [7, 11) is 0. The van der Waals surface area contributed by atoms with Crippen LogP contribution in [0.25, 0.3) is 0 Å². The highest BCUT2D eigenvalue weighted by molar-refractivity contribution is 9.10. The number of nitrogens with zero attached hydrogens (tertiary/aromatic N) is 1. The van der Waals surface area contributed by atoms with Crippen LogP contribution in [0.3, 0.4) is 0 Å². The fourth-order valence-corrected chi connectivity index (χ4v) is 4.29. The molecule has 0 aromatic heterocycles. The van der Waals surface area contributed by atoms with Crippen molar-refractivity contribution in [2.45, 2.75) is 31.7 Å². The predicted molar refractivity (Wildman–Crippen MR) is 104 cm³/mol. The van der Waals surface area contributed by atoms with Crippen molar-refractivity contribution in [2.75, 3.05) is 26.2 Å². The topological polar surface area (TPSA) is 35.5 Å². The quantitative estimate of drug-likeness (QED) is 0.701. The zero-order chi connectivity index (χ0) is 14.8. The van der Waals surface area contributed by atoms with E-state index in [0.717, 1.165) is 31.7 Å². The Hall–Kier alpha value is 0.290. The molecule has 3 nitrogen and oxygen atoms in total. The van der Waals surface area contributed by atoms with Gasteiger partial charge in [0.25, 0.3) is 0 Å². The summed E-state index contributed by atoms with van der Waals surface area (Å²) < 4.78 is 0.625. The molecule has 1 saturated carbocycles. The van der Waals surface area contributed by atoms with Gasteiger partial charge in [-0.25, -0.2) is 0 Å². The molecule has 132 valence electrons. The van der Waals surface area contributed by atoms with Crippen LogP contribution in [0.2, 0.25) is 5.02 Å². The lowest BCUT2D eigenvalue weighted by Crippen LogP contribution is -2.46. The van der Waals surface area contributed by atoms with Crippen LogP contribution in [-0.2, 0) is 0 Å². The fraction of sp³-hybridized carbons (Fsp3) is 0.625. The lowest BCUT2D eigenvalue weighted by atomic mass is 9.89. The average molecular weight is 447 g/mol. The number of rotatable bonds is 3. The number of piperazine rings is 1. The van der Waals surface area contributed by atoms with Crippen molar-refractivity contribution in [3.63, 3.8) is 0 Å². The SMILES string of the molecule is Cl.Cl.Oc1c([C@@H](C2CCCC2)N2CCNCC2)ccc(Cl)c1Br. The van der Waals surface area contributed by atoms with Gasteiger partial charge in [0, 0.05) is 37.8 Å². The van der Waals surface area contributed by atoms with Gasteiger partial charge in [-0.3, -0.25) is 4.90 Å². The van der Waals surface area contributed by atoms with Crippen molar-refractivity contribution in [2.24, 2.45) is 5.92 Å². The summed E-state index contributed by atoms with van der Waals surface area (Å²) in [6.07, 6.45) is 5.13. The third-order valence-corrected chi connectivity index (χ3v) is 6.16. The van der Waals surface area contributed by atoms with Crippen LogP contribution in [0.5, 0.6) is 5.75 Å². The van der Waals surface area contributed by atoms with Crippen molar-refractivity contribution >= 4 is 52.3 Å². The van der Waals surface area contributed by atoms with Gasteiger partial charge in [0.2, 0.25) is 0 Å². The van der Waals surface area contributed by atoms with Gasteiger partial charge < -0.3 is 10.4 Å². The third-order valence-electron chi connectivity index (χ3n) is 4.81. The molecule has 3 rings (SSSR count). The minimum atomic E-state index is 0. The largest absolute Gasteiger partial charge is 0.506 e. The normalized spacial score (nSPS) is 20.6. The lowest BCUT2D eigenvalue weighted by Gasteiger charge is -2.39. The van der Waals surface area contributed by atoms with E-state index >= 15 is 0 Å². The Morgan fingerprint density at radius 3 is 2.39 bits per heavy atom. The first-order valence-electron chi connectivity index (χ1n) is 7.80. The highest BCUT2D eigenvalue weighted by Gasteiger charge is 2.34. The summed E-state index contributed by atoms with van der Waals surface area (Å²) in [5.74, 6) is 0.958. The summed E-state index contributed by atoms with van der Waals surface area (Å²) in [5.41, 5.74) is 1.03. The molecule has 2 fully saturated rings. The number of halogens is 4. The molecule has 1 saturated heterocycles. The third kappa shape index (κ3) is 4.68. The molecule has 1 atom stereocenters. The second-order valence-electron chi connectivity index (χ2n) is 6.07. The van der Waals surface area contributed by atoms with Crippen LogP contribution in [0.4, 0.5) is 0 Å². The monoisotopic (exact) mass is 444 g/mol. The van der Waals surface area contributed by atoms with Gasteiger partial charge >= 0.3 is 0 Å². The van der Waals surface area contributed by atoms with E-state index in [1.54, 1.807) is 0 Å². The van der Waals surface area contributed by atoms with Crippen LogP contribution >= 0.6 is 52.3 Å². The van der Waals surface area contributed by atoms with E-state index in [-0.39, 0.29) is 24.8 Å². The van der Waals surface area contributed by atoms with E-state index in [0.29, 0.717) is 27.2 Å². The summed E-state index contributed by atoms with van der Waals surface area (Å²) in [4.78, 5) is 2.53. The Morgan fingerprint density at radius 1 is 1.17 bits per heavy atom. The summed E-state index contributed by atoms with van der Waals surface area (Å²) in [6.45, 7) is 4.14. The van der Waals surface area contributed by atoms with E-state index < -0.39 is 0 Å². The van der Waals surface area contributed by atoms with Gasteiger partial charge in [-0.2, -0.15) is 0 Å². The molecular weight excluding hydrogens is 422 g/mol. The number of aromatic hydroxyl groups is 1. The Balaban J connectivity index is 0.00000132. The number of phenols is 1. The molecule has 1 aliphatic heterocycles. The highest BCUT2D eigenvalue weighted by atomic mass is 79.9. The molecule has 0 spiro atoms. The Labute approximate surface area is 164 Å². The maximum Gasteiger partial charge on any atom is 0.136 e. The summed E-state index contributed by atoms with van der Waals surface area (Å²) in [6, 6.07) is 4.21. The molecule has 1 aromatic carbocycles. The first-order chi connectivity index (χ1) is 10.2. The van der Waals surface area contributed by atoms with Gasteiger partial charge in [0.1, 0.15) is 5.75 Å². The second kappa shape index (κ2) is 9.69. The number of benzene rings is 1. The van der Waals surface area contributed by atoms with E-state index in [1.165, 1.54) is 25.7 Å².